The summed E-state index contributed by atoms with van der Waals surface area (Å²) in [7, 11) is 0. The van der Waals surface area contributed by atoms with Gasteiger partial charge in [0, 0.05) is 23.3 Å². The molecular formula is C32H37N3O4S2. The minimum absolute atomic E-state index is 0.0237. The van der Waals surface area contributed by atoms with E-state index in [4.69, 9.17) is 0 Å². The van der Waals surface area contributed by atoms with E-state index in [9.17, 15) is 19.2 Å². The molecule has 1 saturated heterocycles. The lowest BCUT2D eigenvalue weighted by Gasteiger charge is -2.33. The zero-order chi connectivity index (χ0) is 28.8. The number of nitrogens with zero attached hydrogens (tertiary/aromatic N) is 2. The maximum absolute atomic E-state index is 14.1. The van der Waals surface area contributed by atoms with Gasteiger partial charge in [-0.2, -0.15) is 11.3 Å². The molecule has 0 bridgehead atoms. The lowest BCUT2D eigenvalue weighted by atomic mass is 9.84. The van der Waals surface area contributed by atoms with Gasteiger partial charge in [0.05, 0.1) is 17.0 Å². The molecule has 9 heteroatoms. The molecule has 2 aromatic heterocycles. The Hall–Kier alpha value is -3.30. The average Bonchev–Trinajstić information content (AvgIpc) is 3.78. The standard InChI is InChI=1S/C32H37N3O4S2/c1-2-16-35(31(38)25(18-22-9-5-3-6-10-22)33-30(37)24-15-17-40-21-24)26-19-34(20-27(26)36)32(39)29-14-13-28(41-29)23-11-7-4-8-12-23/h4,7-8,11-15,17,21-22,25-26H,2-3,5-6,9-10,16,18-20H2,1H3,(H,33,37)/t25-,26-/m0/s1. The van der Waals surface area contributed by atoms with Crippen molar-refractivity contribution in [3.05, 3.63) is 69.7 Å². The van der Waals surface area contributed by atoms with Crippen LogP contribution in [0.4, 0.5) is 0 Å². The molecule has 3 heterocycles. The largest absolute Gasteiger partial charge is 0.340 e. The summed E-state index contributed by atoms with van der Waals surface area (Å²) in [5.41, 5.74) is 1.58. The predicted molar refractivity (Wildman–Crippen MR) is 163 cm³/mol. The summed E-state index contributed by atoms with van der Waals surface area (Å²) < 4.78 is 0. The Morgan fingerprint density at radius 2 is 1.83 bits per heavy atom. The first kappa shape index (κ1) is 29.2. The molecule has 1 aliphatic heterocycles. The number of benzene rings is 1. The second-order valence-corrected chi connectivity index (χ2v) is 12.9. The fraction of sp³-hybridized carbons (Fsp3) is 0.438. The Morgan fingerprint density at radius 1 is 1.05 bits per heavy atom. The van der Waals surface area contributed by atoms with Crippen LogP contribution in [-0.2, 0) is 9.59 Å². The van der Waals surface area contributed by atoms with Crippen LogP contribution in [0, 0.1) is 5.92 Å². The number of rotatable bonds is 10. The summed E-state index contributed by atoms with van der Waals surface area (Å²) in [6.45, 7) is 2.50. The third kappa shape index (κ3) is 6.96. The molecule has 3 aromatic rings. The molecule has 1 N–H and O–H groups in total. The number of nitrogens with one attached hydrogen (secondary N) is 1. The van der Waals surface area contributed by atoms with E-state index in [0.29, 0.717) is 35.7 Å². The molecule has 216 valence electrons. The van der Waals surface area contributed by atoms with Crippen molar-refractivity contribution < 1.29 is 19.2 Å². The lowest BCUT2D eigenvalue weighted by molar-refractivity contribution is -0.139. The highest BCUT2D eigenvalue weighted by Gasteiger charge is 2.42. The van der Waals surface area contributed by atoms with Crippen molar-refractivity contribution in [3.63, 3.8) is 0 Å². The van der Waals surface area contributed by atoms with Gasteiger partial charge < -0.3 is 15.1 Å². The van der Waals surface area contributed by atoms with E-state index < -0.39 is 12.1 Å². The van der Waals surface area contributed by atoms with E-state index in [2.05, 4.69) is 5.32 Å². The van der Waals surface area contributed by atoms with Crippen LogP contribution in [0.1, 0.15) is 71.9 Å². The summed E-state index contributed by atoms with van der Waals surface area (Å²) in [5.74, 6) is -0.463. The zero-order valence-corrected chi connectivity index (χ0v) is 25.1. The van der Waals surface area contributed by atoms with Gasteiger partial charge in [-0.3, -0.25) is 19.2 Å². The number of hydrogen-bond acceptors (Lipinski definition) is 6. The van der Waals surface area contributed by atoms with Gasteiger partial charge in [-0.25, -0.2) is 0 Å². The lowest BCUT2D eigenvalue weighted by Crippen LogP contribution is -2.55. The van der Waals surface area contributed by atoms with Crippen LogP contribution < -0.4 is 5.32 Å². The van der Waals surface area contributed by atoms with Crippen molar-refractivity contribution in [2.75, 3.05) is 19.6 Å². The first-order valence-corrected chi connectivity index (χ1v) is 16.3. The van der Waals surface area contributed by atoms with Gasteiger partial charge in [-0.1, -0.05) is 69.4 Å². The van der Waals surface area contributed by atoms with Crippen molar-refractivity contribution in [3.8, 4) is 10.4 Å². The quantitative estimate of drug-likeness (QED) is 0.319. The van der Waals surface area contributed by atoms with E-state index in [1.165, 1.54) is 29.1 Å². The monoisotopic (exact) mass is 591 g/mol. The molecule has 7 nitrogen and oxygen atoms in total. The van der Waals surface area contributed by atoms with Gasteiger partial charge in [0.1, 0.15) is 12.1 Å². The first-order valence-electron chi connectivity index (χ1n) is 14.6. The Morgan fingerprint density at radius 3 is 2.54 bits per heavy atom. The topological polar surface area (TPSA) is 86.8 Å². The third-order valence-electron chi connectivity index (χ3n) is 8.08. The molecule has 0 unspecified atom stereocenters. The summed E-state index contributed by atoms with van der Waals surface area (Å²) in [5, 5.41) is 6.63. The van der Waals surface area contributed by atoms with Crippen LogP contribution in [0.3, 0.4) is 0 Å². The third-order valence-corrected chi connectivity index (χ3v) is 9.88. The summed E-state index contributed by atoms with van der Waals surface area (Å²) >= 11 is 2.85. The summed E-state index contributed by atoms with van der Waals surface area (Å²) in [4.78, 5) is 58.6. The van der Waals surface area contributed by atoms with Gasteiger partial charge in [-0.15, -0.1) is 11.3 Å². The number of likely N-dealkylation sites (tertiary alicyclic amines) is 1. The fourth-order valence-electron chi connectivity index (χ4n) is 5.94. The molecule has 2 fully saturated rings. The van der Waals surface area contributed by atoms with E-state index in [1.807, 2.05) is 54.8 Å². The fourth-order valence-corrected chi connectivity index (χ4v) is 7.55. The van der Waals surface area contributed by atoms with E-state index in [1.54, 1.807) is 21.2 Å². The van der Waals surface area contributed by atoms with Crippen LogP contribution in [0.25, 0.3) is 10.4 Å². The Balaban J connectivity index is 1.32. The van der Waals surface area contributed by atoms with Crippen molar-refractivity contribution in [2.24, 2.45) is 5.92 Å². The zero-order valence-electron chi connectivity index (χ0n) is 23.4. The van der Waals surface area contributed by atoms with Gasteiger partial charge in [0.15, 0.2) is 5.78 Å². The highest BCUT2D eigenvalue weighted by Crippen LogP contribution is 2.31. The maximum Gasteiger partial charge on any atom is 0.264 e. The molecular weight excluding hydrogens is 555 g/mol. The van der Waals surface area contributed by atoms with Gasteiger partial charge in [0.25, 0.3) is 11.8 Å². The van der Waals surface area contributed by atoms with Crippen molar-refractivity contribution >= 4 is 46.2 Å². The molecule has 5 rings (SSSR count). The molecule has 3 amide bonds. The molecule has 2 aliphatic rings. The Kier molecular flexibility index (Phi) is 9.67. The summed E-state index contributed by atoms with van der Waals surface area (Å²) in [6, 6.07) is 14.0. The van der Waals surface area contributed by atoms with Crippen LogP contribution in [0.5, 0.6) is 0 Å². The number of carbonyl (C=O) groups is 4. The summed E-state index contributed by atoms with van der Waals surface area (Å²) in [6.07, 6.45) is 6.80. The van der Waals surface area contributed by atoms with E-state index >= 15 is 0 Å². The molecule has 0 spiro atoms. The second-order valence-electron chi connectivity index (χ2n) is 11.0. The number of carbonyl (C=O) groups excluding carboxylic acids is 4. The SMILES string of the molecule is CCCN(C(=O)[C@H](CC1CCCCC1)NC(=O)c1ccsc1)[C@H]1CN(C(=O)c2ccc(-c3ccccc3)s2)CC1=O. The smallest absolute Gasteiger partial charge is 0.264 e. The molecule has 1 saturated carbocycles. The minimum atomic E-state index is -0.716. The van der Waals surface area contributed by atoms with Crippen molar-refractivity contribution in [2.45, 2.75) is 64.0 Å². The number of hydrogen-bond donors (Lipinski definition) is 1. The average molecular weight is 592 g/mol. The second kappa shape index (κ2) is 13.6. The molecule has 1 aliphatic carbocycles. The first-order chi connectivity index (χ1) is 19.9. The van der Waals surface area contributed by atoms with Gasteiger partial charge in [0.2, 0.25) is 5.91 Å². The molecule has 41 heavy (non-hydrogen) atoms. The van der Waals surface area contributed by atoms with Gasteiger partial charge >= 0.3 is 0 Å². The molecule has 2 atom stereocenters. The number of amides is 3. The maximum atomic E-state index is 14.1. The van der Waals surface area contributed by atoms with E-state index in [-0.39, 0.29) is 36.6 Å². The Labute approximate surface area is 249 Å². The minimum Gasteiger partial charge on any atom is -0.340 e. The normalized spacial score (nSPS) is 18.3. The highest BCUT2D eigenvalue weighted by atomic mass is 32.1. The highest BCUT2D eigenvalue weighted by molar-refractivity contribution is 7.17. The van der Waals surface area contributed by atoms with Crippen molar-refractivity contribution in [1.82, 2.24) is 15.1 Å². The Bertz CT molecular complexity index is 1350. The number of thiophene rings is 2. The van der Waals surface area contributed by atoms with Crippen LogP contribution >= 0.6 is 22.7 Å². The van der Waals surface area contributed by atoms with E-state index in [0.717, 1.165) is 36.1 Å². The predicted octanol–water partition coefficient (Wildman–Crippen LogP) is 5.88. The molecule has 1 aromatic carbocycles. The number of Topliss-reactive ketones (excluding diaryl/α,β-unsaturated/α-hetero) is 1. The molecule has 0 radical (unpaired) electrons. The van der Waals surface area contributed by atoms with Gasteiger partial charge in [-0.05, 0) is 47.9 Å². The van der Waals surface area contributed by atoms with Crippen LogP contribution in [0.2, 0.25) is 0 Å². The number of ketones is 1. The van der Waals surface area contributed by atoms with Crippen LogP contribution in [-0.4, -0.2) is 65.0 Å². The van der Waals surface area contributed by atoms with Crippen molar-refractivity contribution in [1.29, 1.82) is 0 Å². The van der Waals surface area contributed by atoms with Crippen LogP contribution in [0.15, 0.2) is 59.3 Å².